The normalized spacial score (nSPS) is 13.5. The van der Waals surface area contributed by atoms with Crippen LogP contribution in [0.4, 0.5) is 5.69 Å². The van der Waals surface area contributed by atoms with Gasteiger partial charge in [-0.2, -0.15) is 10.5 Å². The second-order valence-electron chi connectivity index (χ2n) is 18.4. The highest BCUT2D eigenvalue weighted by Gasteiger charge is 2.31. The van der Waals surface area contributed by atoms with Gasteiger partial charge in [-0.1, -0.05) is 182 Å². The highest BCUT2D eigenvalue weighted by molar-refractivity contribution is 6.21. The number of rotatable bonds is 6. The van der Waals surface area contributed by atoms with Crippen molar-refractivity contribution in [3.05, 3.63) is 246 Å². The fraction of sp³-hybridized carbons (Fsp3) is 0.0152. The quantitative estimate of drug-likeness (QED) is 0.181. The molecule has 4 nitrogen and oxygen atoms in total. The van der Waals surface area contributed by atoms with E-state index in [0.717, 1.165) is 67.2 Å². The van der Waals surface area contributed by atoms with Crippen LogP contribution < -0.4 is 5.32 Å². The van der Waals surface area contributed by atoms with Gasteiger partial charge in [-0.25, -0.2) is 4.99 Å². The number of hydrogen-bond acceptors (Lipinski definition) is 4. The van der Waals surface area contributed by atoms with Crippen molar-refractivity contribution in [2.24, 2.45) is 4.99 Å². The number of fused-ring (bicyclic) bond motifs is 7. The van der Waals surface area contributed by atoms with Crippen LogP contribution in [-0.2, 0) is 0 Å². The molecule has 11 aromatic rings. The van der Waals surface area contributed by atoms with Gasteiger partial charge < -0.3 is 5.32 Å². The minimum Gasteiger partial charge on any atom is -0.359 e. The van der Waals surface area contributed by atoms with E-state index in [1.165, 1.54) is 71.6 Å². The van der Waals surface area contributed by atoms with Crippen LogP contribution in [0.15, 0.2) is 223 Å². The fourth-order valence-electron chi connectivity index (χ4n) is 11.4. The molecule has 0 saturated carbocycles. The molecule has 0 aromatic heterocycles. The van der Waals surface area contributed by atoms with Crippen molar-refractivity contribution in [2.75, 3.05) is 0 Å². The summed E-state index contributed by atoms with van der Waals surface area (Å²) in [6.07, 6.45) is 0. The highest BCUT2D eigenvalue weighted by atomic mass is 15.1. The van der Waals surface area contributed by atoms with E-state index in [1.54, 1.807) is 0 Å². The molecule has 1 aliphatic heterocycles. The summed E-state index contributed by atoms with van der Waals surface area (Å²) in [7, 11) is 0. The van der Waals surface area contributed by atoms with Crippen molar-refractivity contribution in [3.63, 3.8) is 0 Å². The van der Waals surface area contributed by atoms with Crippen molar-refractivity contribution in [2.45, 2.75) is 6.04 Å². The minimum absolute atomic E-state index is 0.267. The van der Waals surface area contributed by atoms with Gasteiger partial charge in [-0.05, 0) is 147 Å². The van der Waals surface area contributed by atoms with Gasteiger partial charge >= 0.3 is 0 Å². The average Bonchev–Trinajstić information content (AvgIpc) is 3.94. The highest BCUT2D eigenvalue weighted by Crippen LogP contribution is 2.54. The lowest BCUT2D eigenvalue weighted by molar-refractivity contribution is 0.750. The van der Waals surface area contributed by atoms with Crippen molar-refractivity contribution in [3.8, 4) is 101 Å². The Kier molecular flexibility index (Phi) is 8.74. The molecule has 2 aliphatic carbocycles. The molecule has 1 unspecified atom stereocenters. The summed E-state index contributed by atoms with van der Waals surface area (Å²) < 4.78 is 0. The molecule has 1 N–H and O–H groups in total. The number of amidine groups is 1. The Hall–Kier alpha value is -9.61. The number of aliphatic imine (C=N–C) groups is 1. The third kappa shape index (κ3) is 6.04. The molecule has 11 aromatic carbocycles. The molecular weight excluding hydrogens is 849 g/mol. The SMILES string of the molecule is N#Cc1ccc(-c2ccc(C3=Nc4c(-c5ccc6c7c(cccc57)-c5ccccc5-6)cc(-c5ccc6c7c(cccc57)-c5ccccc5-6)cc4C(c4ccc(-c5ccc(C#N)cc5)cc4)N3)cc2)cc1. The smallest absolute Gasteiger partial charge is 0.134 e. The first-order chi connectivity index (χ1) is 34.6. The minimum atomic E-state index is -0.267. The molecule has 0 fully saturated rings. The lowest BCUT2D eigenvalue weighted by atomic mass is 9.84. The molecule has 1 atom stereocenters. The van der Waals surface area contributed by atoms with Gasteiger partial charge in [-0.15, -0.1) is 0 Å². The molecule has 0 amide bonds. The summed E-state index contributed by atoms with van der Waals surface area (Å²) in [5.74, 6) is 0.787. The molecule has 4 heteroatoms. The Morgan fingerprint density at radius 2 is 0.757 bits per heavy atom. The van der Waals surface area contributed by atoms with E-state index in [9.17, 15) is 10.5 Å². The van der Waals surface area contributed by atoms with E-state index in [1.807, 2.05) is 48.5 Å². The maximum atomic E-state index is 9.49. The first kappa shape index (κ1) is 39.5. The van der Waals surface area contributed by atoms with E-state index in [2.05, 4.69) is 187 Å². The van der Waals surface area contributed by atoms with Gasteiger partial charge in [0.05, 0.1) is 35.0 Å². The second kappa shape index (κ2) is 15.5. The van der Waals surface area contributed by atoms with Crippen LogP contribution in [0, 0.1) is 22.7 Å². The number of hydrogen-bond donors (Lipinski definition) is 1. The number of nitriles is 2. The van der Waals surface area contributed by atoms with E-state index in [4.69, 9.17) is 4.99 Å². The topological polar surface area (TPSA) is 72.0 Å². The maximum Gasteiger partial charge on any atom is 0.134 e. The van der Waals surface area contributed by atoms with Crippen LogP contribution in [0.5, 0.6) is 0 Å². The largest absolute Gasteiger partial charge is 0.359 e. The molecule has 3 aliphatic rings. The summed E-state index contributed by atoms with van der Waals surface area (Å²) in [6.45, 7) is 0. The summed E-state index contributed by atoms with van der Waals surface area (Å²) >= 11 is 0. The van der Waals surface area contributed by atoms with E-state index in [0.29, 0.717) is 11.1 Å². The van der Waals surface area contributed by atoms with Gasteiger partial charge in [0.2, 0.25) is 0 Å². The lowest BCUT2D eigenvalue weighted by Crippen LogP contribution is -2.33. The Bertz CT molecular complexity index is 4070. The van der Waals surface area contributed by atoms with E-state index >= 15 is 0 Å². The number of nitrogens with zero attached hydrogens (tertiary/aromatic N) is 3. The van der Waals surface area contributed by atoms with Crippen molar-refractivity contribution >= 4 is 33.1 Å². The van der Waals surface area contributed by atoms with Gasteiger partial charge in [0.1, 0.15) is 5.84 Å². The molecular formula is C66H38N4. The Labute approximate surface area is 405 Å². The molecule has 0 saturated heterocycles. The summed E-state index contributed by atoms with van der Waals surface area (Å²) in [5, 5.41) is 27.9. The van der Waals surface area contributed by atoms with Gasteiger partial charge in [0.25, 0.3) is 0 Å². The first-order valence-electron chi connectivity index (χ1n) is 23.7. The number of benzene rings is 11. The number of nitrogens with one attached hydrogen (secondary N) is 1. The van der Waals surface area contributed by atoms with Gasteiger partial charge in [-0.3, -0.25) is 0 Å². The van der Waals surface area contributed by atoms with Gasteiger partial charge in [0.15, 0.2) is 0 Å². The molecule has 322 valence electrons. The Morgan fingerprint density at radius 3 is 1.27 bits per heavy atom. The zero-order chi connectivity index (χ0) is 46.5. The van der Waals surface area contributed by atoms with Crippen LogP contribution in [-0.4, -0.2) is 5.84 Å². The standard InChI is InChI=1S/C66H38N4/c67-37-39-15-19-41(20-16-39)43-23-27-45(28-24-43)64-61-36-47(48-31-33-58-51-9-3-1-7-49(51)55-12-5-11-54(48)62(55)58)35-60(53-32-34-59-52-10-4-2-8-50(52)56-13-6-14-57(53)63(56)59)65(61)70-66(69-64)46-29-25-44(26-30-46)42-21-17-40(38-68)18-22-42/h1-36,64H,(H,69,70). The predicted molar refractivity (Wildman–Crippen MR) is 286 cm³/mol. The molecule has 0 spiro atoms. The molecule has 70 heavy (non-hydrogen) atoms. The first-order valence-corrected chi connectivity index (χ1v) is 23.7. The third-order valence-electron chi connectivity index (χ3n) is 14.7. The van der Waals surface area contributed by atoms with E-state index < -0.39 is 0 Å². The molecule has 1 heterocycles. The van der Waals surface area contributed by atoms with E-state index in [-0.39, 0.29) is 6.04 Å². The third-order valence-corrected chi connectivity index (χ3v) is 14.7. The zero-order valence-corrected chi connectivity index (χ0v) is 37.7. The fourth-order valence-corrected chi connectivity index (χ4v) is 11.4. The maximum absolute atomic E-state index is 9.49. The van der Waals surface area contributed by atoms with Crippen molar-refractivity contribution < 1.29 is 0 Å². The Morgan fingerprint density at radius 1 is 0.343 bits per heavy atom. The van der Waals surface area contributed by atoms with Crippen LogP contribution in [0.25, 0.3) is 111 Å². The summed E-state index contributed by atoms with van der Waals surface area (Å²) in [4.78, 5) is 5.69. The summed E-state index contributed by atoms with van der Waals surface area (Å²) in [5.41, 5.74) is 24.3. The van der Waals surface area contributed by atoms with Crippen molar-refractivity contribution in [1.82, 2.24) is 5.32 Å². The van der Waals surface area contributed by atoms with Gasteiger partial charge in [0, 0.05) is 16.7 Å². The molecule has 14 rings (SSSR count). The predicted octanol–water partition coefficient (Wildman–Crippen LogP) is 16.5. The Balaban J connectivity index is 1.01. The monoisotopic (exact) mass is 886 g/mol. The van der Waals surface area contributed by atoms with Crippen molar-refractivity contribution in [1.29, 1.82) is 10.5 Å². The van der Waals surface area contributed by atoms with Crippen LogP contribution in [0.2, 0.25) is 0 Å². The lowest BCUT2D eigenvalue weighted by Gasteiger charge is -2.30. The molecule has 0 radical (unpaired) electrons. The van der Waals surface area contributed by atoms with Crippen LogP contribution in [0.1, 0.15) is 33.9 Å². The zero-order valence-electron chi connectivity index (χ0n) is 37.7. The average molecular weight is 887 g/mol. The molecule has 0 bridgehead atoms. The second-order valence-corrected chi connectivity index (χ2v) is 18.4. The van der Waals surface area contributed by atoms with Crippen LogP contribution in [0.3, 0.4) is 0 Å². The summed E-state index contributed by atoms with van der Waals surface area (Å²) in [6, 6.07) is 82.2. The van der Waals surface area contributed by atoms with Crippen LogP contribution >= 0.6 is 0 Å².